The average Bonchev–Trinajstić information content (AvgIpc) is 3.68. The lowest BCUT2D eigenvalue weighted by Crippen LogP contribution is -3.21. The van der Waals surface area contributed by atoms with Crippen molar-refractivity contribution < 1.29 is 14.9 Å². The number of quaternary nitrogens is 1. The van der Waals surface area contributed by atoms with E-state index in [0.29, 0.717) is 31.6 Å². The van der Waals surface area contributed by atoms with Crippen molar-refractivity contribution in [2.24, 2.45) is 9.98 Å². The maximum Gasteiger partial charge on any atom is 0.497 e. The molecule has 0 fully saturated rings. The predicted octanol–water partition coefficient (Wildman–Crippen LogP) is -0.799. The Balaban J connectivity index is 1.58. The van der Waals surface area contributed by atoms with E-state index in [0.717, 1.165) is 67.7 Å². The molecule has 5 rings (SSSR count). The Morgan fingerprint density at radius 1 is 0.789 bits per heavy atom. The molecular formula is C28H42BN7O2. The maximum absolute atomic E-state index is 11.3. The molecule has 3 heterocycles. The van der Waals surface area contributed by atoms with Gasteiger partial charge in [-0.2, -0.15) is 0 Å². The van der Waals surface area contributed by atoms with Gasteiger partial charge < -0.3 is 36.1 Å². The molecule has 7 N–H and O–H groups in total. The van der Waals surface area contributed by atoms with E-state index in [1.165, 1.54) is 33.4 Å². The third kappa shape index (κ3) is 5.00. The molecule has 0 bridgehead atoms. The molecule has 0 amide bonds. The van der Waals surface area contributed by atoms with Gasteiger partial charge in [0.25, 0.3) is 0 Å². The summed E-state index contributed by atoms with van der Waals surface area (Å²) in [5.74, 6) is 1.71. The molecule has 2 aromatic rings. The number of nitrogens with zero attached hydrogens (tertiary/aromatic N) is 2. The first-order valence-electron chi connectivity index (χ1n) is 14.2. The summed E-state index contributed by atoms with van der Waals surface area (Å²) in [6, 6.07) is 7.75. The van der Waals surface area contributed by atoms with Gasteiger partial charge in [-0.25, -0.2) is 0 Å². The second-order valence-electron chi connectivity index (χ2n) is 10.4. The number of guanidine groups is 2. The molecule has 204 valence electrons. The van der Waals surface area contributed by atoms with Gasteiger partial charge in [0.05, 0.1) is 26.2 Å². The number of aliphatic imine (C=N–C) groups is 2. The number of hydrogen-bond donors (Lipinski definition) is 7. The predicted molar refractivity (Wildman–Crippen MR) is 154 cm³/mol. The highest BCUT2D eigenvalue weighted by Crippen LogP contribution is 2.31. The van der Waals surface area contributed by atoms with E-state index in [1.54, 1.807) is 0 Å². The number of rotatable bonds is 9. The van der Waals surface area contributed by atoms with Crippen molar-refractivity contribution in [1.82, 2.24) is 21.3 Å². The Morgan fingerprint density at radius 3 is 1.79 bits per heavy atom. The molecule has 0 saturated carbocycles. The summed E-state index contributed by atoms with van der Waals surface area (Å²) in [6.45, 7) is 9.82. The van der Waals surface area contributed by atoms with Crippen LogP contribution >= 0.6 is 0 Å². The lowest BCUT2D eigenvalue weighted by atomic mass is 9.64. The zero-order valence-electron chi connectivity index (χ0n) is 23.0. The van der Waals surface area contributed by atoms with Crippen LogP contribution in [0.15, 0.2) is 34.3 Å². The summed E-state index contributed by atoms with van der Waals surface area (Å²) < 4.78 is 0. The number of benzene rings is 2. The third-order valence-electron chi connectivity index (χ3n) is 8.34. The van der Waals surface area contributed by atoms with Crippen LogP contribution in [0.3, 0.4) is 0 Å². The molecule has 10 heteroatoms. The summed E-state index contributed by atoms with van der Waals surface area (Å²) in [5.41, 5.74) is 9.56. The topological polar surface area (TPSA) is 118 Å². The van der Waals surface area contributed by atoms with Crippen LogP contribution in [-0.2, 0) is 45.4 Å². The molecule has 38 heavy (non-hydrogen) atoms. The van der Waals surface area contributed by atoms with Gasteiger partial charge in [-0.3, -0.25) is 9.98 Å². The number of hydrogen-bond acceptors (Lipinski definition) is 8. The third-order valence-corrected chi connectivity index (χ3v) is 8.34. The van der Waals surface area contributed by atoms with Crippen LogP contribution in [0.25, 0.3) is 0 Å². The second-order valence-corrected chi connectivity index (χ2v) is 10.4. The fourth-order valence-corrected chi connectivity index (χ4v) is 6.52. The number of nitrogens with one attached hydrogen (secondary N) is 5. The van der Waals surface area contributed by atoms with Crippen LogP contribution in [0, 0.1) is 0 Å². The molecule has 9 nitrogen and oxygen atoms in total. The first-order chi connectivity index (χ1) is 18.5. The first-order valence-corrected chi connectivity index (χ1v) is 14.2. The van der Waals surface area contributed by atoms with Gasteiger partial charge in [0.2, 0.25) is 0 Å². The zero-order chi connectivity index (χ0) is 26.7. The highest BCUT2D eigenvalue weighted by atomic mass is 16.4. The summed E-state index contributed by atoms with van der Waals surface area (Å²) in [5, 5.41) is 36.4. The van der Waals surface area contributed by atoms with Gasteiger partial charge in [0.1, 0.15) is 0 Å². The summed E-state index contributed by atoms with van der Waals surface area (Å²) in [7, 11) is 0. The van der Waals surface area contributed by atoms with E-state index in [2.05, 4.69) is 52.0 Å². The fourth-order valence-electron chi connectivity index (χ4n) is 6.52. The van der Waals surface area contributed by atoms with Gasteiger partial charge in [0.15, 0.2) is 11.9 Å². The Bertz CT molecular complexity index is 1190. The lowest BCUT2D eigenvalue weighted by Gasteiger charge is -2.35. The minimum atomic E-state index is -2.70. The second kappa shape index (κ2) is 11.3. The van der Waals surface area contributed by atoms with E-state index in [9.17, 15) is 10.0 Å². The van der Waals surface area contributed by atoms with Gasteiger partial charge in [-0.1, -0.05) is 50.5 Å². The molecule has 0 saturated heterocycles. The molecule has 0 aromatic heterocycles. The first kappa shape index (κ1) is 26.5. The van der Waals surface area contributed by atoms with E-state index in [1.807, 2.05) is 24.3 Å². The van der Waals surface area contributed by atoms with Crippen LogP contribution < -0.4 is 31.5 Å². The van der Waals surface area contributed by atoms with E-state index in [-0.39, 0.29) is 0 Å². The smallest absolute Gasteiger partial charge is 0.497 e. The Labute approximate surface area is 225 Å². The molecule has 3 aliphatic heterocycles. The summed E-state index contributed by atoms with van der Waals surface area (Å²) in [6.07, 6.45) is 2.68. The van der Waals surface area contributed by atoms with E-state index >= 15 is 0 Å². The van der Waals surface area contributed by atoms with Crippen molar-refractivity contribution in [3.05, 3.63) is 63.2 Å². The van der Waals surface area contributed by atoms with Crippen LogP contribution in [0.5, 0.6) is 0 Å². The Kier molecular flexibility index (Phi) is 7.92. The van der Waals surface area contributed by atoms with Crippen LogP contribution in [0.2, 0.25) is 0 Å². The van der Waals surface area contributed by atoms with Crippen molar-refractivity contribution in [3.8, 4) is 0 Å². The minimum absolute atomic E-state index is 0.566. The summed E-state index contributed by atoms with van der Waals surface area (Å²) >= 11 is 0. The van der Waals surface area contributed by atoms with Crippen LogP contribution in [0.4, 0.5) is 0 Å². The monoisotopic (exact) mass is 519 g/mol. The van der Waals surface area contributed by atoms with Gasteiger partial charge in [-0.05, 0) is 52.6 Å². The van der Waals surface area contributed by atoms with Gasteiger partial charge in [-0.15, -0.1) is 0 Å². The fraction of sp³-hybridized carbons (Fsp3) is 0.500. The van der Waals surface area contributed by atoms with Crippen molar-refractivity contribution in [1.29, 1.82) is 0 Å². The van der Waals surface area contributed by atoms with Crippen LogP contribution in [-0.4, -0.2) is 54.8 Å². The Hall–Kier alpha value is -3.08. The zero-order valence-corrected chi connectivity index (χ0v) is 23.0. The molecule has 1 unspecified atom stereocenters. The van der Waals surface area contributed by atoms with Crippen molar-refractivity contribution in [3.63, 3.8) is 0 Å². The quantitative estimate of drug-likeness (QED) is 0.218. The number of fused-ring (bicyclic) bond motifs is 1. The molecule has 1 atom stereocenters. The molecule has 3 aliphatic rings. The maximum atomic E-state index is 11.3. The standard InChI is InChI=1S/C28H42BN7O2/c1-4-20-23(15-34-27-30-11-12-31-27)21(5-2)25(22(6-3)24(20)16-35-28-32-13-14-33-28)18-36-17-19-9-7-8-10-26(19)29(36,37)38/h7-10,36-38H,4-6,11-18H2,1-3H3,(H2,30,31,34)(H2,32,33,35). The molecule has 0 spiro atoms. The molecular weight excluding hydrogens is 477 g/mol. The SMILES string of the molecule is CCc1c(CNC2=NCCN2)c(CC)c(C[NH+]2Cc3ccccc3[B-]2(O)O)c(CC)c1CNC1=NCCN1. The van der Waals surface area contributed by atoms with Gasteiger partial charge in [0, 0.05) is 31.7 Å². The van der Waals surface area contributed by atoms with E-state index < -0.39 is 6.69 Å². The normalized spacial score (nSPS) is 19.4. The summed E-state index contributed by atoms with van der Waals surface area (Å²) in [4.78, 5) is 9.90. The lowest BCUT2D eigenvalue weighted by molar-refractivity contribution is -0.837. The van der Waals surface area contributed by atoms with Crippen molar-refractivity contribution in [2.45, 2.75) is 66.2 Å². The largest absolute Gasteiger partial charge is 0.524 e. The van der Waals surface area contributed by atoms with Gasteiger partial charge >= 0.3 is 6.69 Å². The Morgan fingerprint density at radius 2 is 1.32 bits per heavy atom. The highest BCUT2D eigenvalue weighted by Gasteiger charge is 2.44. The molecule has 0 aliphatic carbocycles. The van der Waals surface area contributed by atoms with Crippen LogP contribution in [0.1, 0.15) is 59.7 Å². The van der Waals surface area contributed by atoms with Crippen molar-refractivity contribution in [2.75, 3.05) is 26.2 Å². The molecule has 0 radical (unpaired) electrons. The van der Waals surface area contributed by atoms with E-state index in [4.69, 9.17) is 0 Å². The highest BCUT2D eigenvalue weighted by molar-refractivity contribution is 6.72. The molecule has 2 aromatic carbocycles. The average molecular weight is 520 g/mol. The van der Waals surface area contributed by atoms with Crippen molar-refractivity contribution >= 4 is 24.1 Å². The minimum Gasteiger partial charge on any atom is -0.524 e.